The summed E-state index contributed by atoms with van der Waals surface area (Å²) in [7, 11) is 0. The van der Waals surface area contributed by atoms with Crippen LogP contribution in [0.5, 0.6) is 0 Å². The Kier molecular flexibility index (Phi) is 1.69. The van der Waals surface area contributed by atoms with Crippen molar-refractivity contribution in [2.24, 2.45) is 0 Å². The molecule has 0 aliphatic rings. The van der Waals surface area contributed by atoms with Gasteiger partial charge in [-0.1, -0.05) is 0 Å². The Morgan fingerprint density at radius 1 is 1.55 bits per heavy atom. The van der Waals surface area contributed by atoms with Crippen LogP contribution in [-0.4, -0.2) is 4.98 Å². The van der Waals surface area contributed by atoms with Crippen LogP contribution in [0.3, 0.4) is 0 Å². The smallest absolute Gasteiger partial charge is 0.0537 e. The molecule has 0 spiro atoms. The summed E-state index contributed by atoms with van der Waals surface area (Å²) in [4.78, 5) is 4.24. The largest absolute Gasteiger partial charge is 0.260 e. The molecule has 2 rings (SSSR count). The van der Waals surface area contributed by atoms with Crippen LogP contribution in [0.25, 0.3) is 10.1 Å². The van der Waals surface area contributed by atoms with Crippen molar-refractivity contribution in [1.29, 1.82) is 0 Å². The van der Waals surface area contributed by atoms with Gasteiger partial charge in [0.1, 0.15) is 0 Å². The quantitative estimate of drug-likeness (QED) is 0.673. The molecular weight excluding hydrogens is 222 g/mol. The normalized spacial score (nSPS) is 10.7. The summed E-state index contributed by atoms with van der Waals surface area (Å²) in [5.74, 6) is 0. The van der Waals surface area contributed by atoms with Gasteiger partial charge >= 0.3 is 0 Å². The number of halogens is 1. The Morgan fingerprint density at radius 3 is 3.09 bits per heavy atom. The second kappa shape index (κ2) is 2.57. The molecular formula is C8H6BrNS. The molecule has 0 amide bonds. The highest BCUT2D eigenvalue weighted by molar-refractivity contribution is 9.10. The molecule has 0 atom stereocenters. The van der Waals surface area contributed by atoms with E-state index in [9.17, 15) is 0 Å². The maximum atomic E-state index is 4.24. The number of pyridine rings is 1. The molecule has 0 saturated heterocycles. The van der Waals surface area contributed by atoms with Gasteiger partial charge in [-0.25, -0.2) is 0 Å². The SMILES string of the molecule is Cc1ncc(Br)c2sccc12. The molecule has 2 heterocycles. The van der Waals surface area contributed by atoms with Crippen molar-refractivity contribution in [3.05, 3.63) is 27.8 Å². The summed E-state index contributed by atoms with van der Waals surface area (Å²) < 4.78 is 2.38. The summed E-state index contributed by atoms with van der Waals surface area (Å²) in [6.07, 6.45) is 1.86. The zero-order valence-corrected chi connectivity index (χ0v) is 8.37. The molecule has 2 aromatic heterocycles. The lowest BCUT2D eigenvalue weighted by atomic mass is 10.3. The van der Waals surface area contributed by atoms with Crippen molar-refractivity contribution in [2.45, 2.75) is 6.92 Å². The Balaban J connectivity index is 2.96. The summed E-state index contributed by atoms with van der Waals surface area (Å²) in [5, 5.41) is 3.34. The number of aryl methyl sites for hydroxylation is 1. The summed E-state index contributed by atoms with van der Waals surface area (Å²) in [5.41, 5.74) is 1.10. The van der Waals surface area contributed by atoms with Gasteiger partial charge < -0.3 is 0 Å². The zero-order valence-electron chi connectivity index (χ0n) is 5.97. The lowest BCUT2D eigenvalue weighted by molar-refractivity contribution is 1.23. The number of thiophene rings is 1. The summed E-state index contributed by atoms with van der Waals surface area (Å²) >= 11 is 5.20. The molecule has 3 heteroatoms. The fourth-order valence-corrected chi connectivity index (χ4v) is 2.51. The van der Waals surface area contributed by atoms with Crippen molar-refractivity contribution in [2.75, 3.05) is 0 Å². The molecule has 0 fully saturated rings. The highest BCUT2D eigenvalue weighted by Crippen LogP contribution is 2.29. The van der Waals surface area contributed by atoms with E-state index in [4.69, 9.17) is 0 Å². The van der Waals surface area contributed by atoms with Gasteiger partial charge in [0, 0.05) is 17.3 Å². The van der Waals surface area contributed by atoms with Gasteiger partial charge in [0.25, 0.3) is 0 Å². The van der Waals surface area contributed by atoms with E-state index in [0.29, 0.717) is 0 Å². The van der Waals surface area contributed by atoms with Crippen molar-refractivity contribution in [3.8, 4) is 0 Å². The standard InChI is InChI=1S/C8H6BrNS/c1-5-6-2-3-11-8(6)7(9)4-10-5/h2-4H,1H3. The third-order valence-electron chi connectivity index (χ3n) is 1.64. The highest BCUT2D eigenvalue weighted by atomic mass is 79.9. The fourth-order valence-electron chi connectivity index (χ4n) is 1.06. The number of hydrogen-bond acceptors (Lipinski definition) is 2. The molecule has 0 bridgehead atoms. The highest BCUT2D eigenvalue weighted by Gasteiger charge is 2.02. The van der Waals surface area contributed by atoms with Gasteiger partial charge in [-0.3, -0.25) is 4.98 Å². The first-order valence-electron chi connectivity index (χ1n) is 3.27. The second-order valence-corrected chi connectivity index (χ2v) is 4.13. The van der Waals surface area contributed by atoms with Gasteiger partial charge in [-0.2, -0.15) is 0 Å². The maximum Gasteiger partial charge on any atom is 0.0537 e. The number of rotatable bonds is 0. The number of aromatic nitrogens is 1. The van der Waals surface area contributed by atoms with Crippen LogP contribution in [0.1, 0.15) is 5.69 Å². The van der Waals surface area contributed by atoms with Gasteiger partial charge in [0.05, 0.1) is 9.17 Å². The Hall–Kier alpha value is -0.410. The van der Waals surface area contributed by atoms with Crippen LogP contribution < -0.4 is 0 Å². The average Bonchev–Trinajstić information content (AvgIpc) is 2.45. The monoisotopic (exact) mass is 227 g/mol. The molecule has 56 valence electrons. The Labute approximate surface area is 77.2 Å². The first-order chi connectivity index (χ1) is 5.29. The van der Waals surface area contributed by atoms with Gasteiger partial charge in [0.15, 0.2) is 0 Å². The number of hydrogen-bond donors (Lipinski definition) is 0. The molecule has 0 aromatic carbocycles. The summed E-state index contributed by atoms with van der Waals surface area (Å²) in [6.45, 7) is 2.03. The van der Waals surface area contributed by atoms with E-state index >= 15 is 0 Å². The van der Waals surface area contributed by atoms with Crippen LogP contribution >= 0.6 is 27.3 Å². The lowest BCUT2D eigenvalue weighted by Gasteiger charge is -1.95. The summed E-state index contributed by atoms with van der Waals surface area (Å²) in [6, 6.07) is 2.10. The van der Waals surface area contributed by atoms with E-state index in [1.54, 1.807) is 11.3 Å². The van der Waals surface area contributed by atoms with Crippen LogP contribution in [-0.2, 0) is 0 Å². The van der Waals surface area contributed by atoms with E-state index in [-0.39, 0.29) is 0 Å². The first kappa shape index (κ1) is 7.25. The van der Waals surface area contributed by atoms with Crippen LogP contribution in [0.2, 0.25) is 0 Å². The van der Waals surface area contributed by atoms with E-state index in [1.165, 1.54) is 10.1 Å². The molecule has 0 radical (unpaired) electrons. The predicted octanol–water partition coefficient (Wildman–Crippen LogP) is 3.37. The predicted molar refractivity (Wildman–Crippen MR) is 52.1 cm³/mol. The molecule has 0 saturated carbocycles. The van der Waals surface area contributed by atoms with Crippen molar-refractivity contribution >= 4 is 37.4 Å². The van der Waals surface area contributed by atoms with Crippen LogP contribution in [0.4, 0.5) is 0 Å². The molecule has 0 aliphatic carbocycles. The van der Waals surface area contributed by atoms with Crippen molar-refractivity contribution in [1.82, 2.24) is 4.98 Å². The maximum absolute atomic E-state index is 4.24. The van der Waals surface area contributed by atoms with E-state index in [0.717, 1.165) is 10.2 Å². The molecule has 0 aliphatic heterocycles. The third kappa shape index (κ3) is 1.08. The first-order valence-corrected chi connectivity index (χ1v) is 4.94. The minimum Gasteiger partial charge on any atom is -0.260 e. The molecule has 0 unspecified atom stereocenters. The number of nitrogens with zero attached hydrogens (tertiary/aromatic N) is 1. The van der Waals surface area contributed by atoms with E-state index in [2.05, 4.69) is 32.4 Å². The van der Waals surface area contributed by atoms with Crippen LogP contribution in [0.15, 0.2) is 22.1 Å². The van der Waals surface area contributed by atoms with Crippen molar-refractivity contribution < 1.29 is 0 Å². The molecule has 1 nitrogen and oxygen atoms in total. The van der Waals surface area contributed by atoms with Gasteiger partial charge in [-0.15, -0.1) is 11.3 Å². The minimum atomic E-state index is 1.09. The minimum absolute atomic E-state index is 1.09. The Morgan fingerprint density at radius 2 is 2.36 bits per heavy atom. The zero-order chi connectivity index (χ0) is 7.84. The third-order valence-corrected chi connectivity index (χ3v) is 3.45. The average molecular weight is 228 g/mol. The second-order valence-electron chi connectivity index (χ2n) is 2.35. The van der Waals surface area contributed by atoms with E-state index in [1.807, 2.05) is 13.1 Å². The van der Waals surface area contributed by atoms with Crippen LogP contribution in [0, 0.1) is 6.92 Å². The topological polar surface area (TPSA) is 12.9 Å². The van der Waals surface area contributed by atoms with Gasteiger partial charge in [-0.05, 0) is 34.3 Å². The lowest BCUT2D eigenvalue weighted by Crippen LogP contribution is -1.79. The van der Waals surface area contributed by atoms with Gasteiger partial charge in [0.2, 0.25) is 0 Å². The Bertz CT molecular complexity index is 358. The van der Waals surface area contributed by atoms with Crippen molar-refractivity contribution in [3.63, 3.8) is 0 Å². The van der Waals surface area contributed by atoms with E-state index < -0.39 is 0 Å². The molecule has 0 N–H and O–H groups in total. The fraction of sp³-hybridized carbons (Fsp3) is 0.125. The molecule has 2 aromatic rings. The molecule has 11 heavy (non-hydrogen) atoms. The number of fused-ring (bicyclic) bond motifs is 1.